The van der Waals surface area contributed by atoms with Gasteiger partial charge in [-0.3, -0.25) is 0 Å². The van der Waals surface area contributed by atoms with Gasteiger partial charge in [-0.05, 0) is 27.1 Å². The fraction of sp³-hybridized carbons (Fsp3) is 1.00. The molecule has 0 aromatic carbocycles. The monoisotopic (exact) mass is 279 g/mol. The average molecular weight is 279 g/mol. The van der Waals surface area contributed by atoms with Gasteiger partial charge in [0.15, 0.2) is 0 Å². The lowest BCUT2D eigenvalue weighted by molar-refractivity contribution is 0.241. The summed E-state index contributed by atoms with van der Waals surface area (Å²) in [7, 11) is 1.32. The van der Waals surface area contributed by atoms with Gasteiger partial charge in [-0.25, -0.2) is 8.42 Å². The second kappa shape index (κ2) is 9.72. The van der Waals surface area contributed by atoms with Crippen LogP contribution in [0.3, 0.4) is 0 Å². The molecule has 18 heavy (non-hydrogen) atoms. The first-order chi connectivity index (χ1) is 8.35. The van der Waals surface area contributed by atoms with Crippen molar-refractivity contribution in [2.45, 2.75) is 13.3 Å². The number of sulfone groups is 1. The molecule has 0 aromatic rings. The zero-order valence-electron chi connectivity index (χ0n) is 12.3. The lowest BCUT2D eigenvalue weighted by Crippen LogP contribution is -2.38. The molecule has 5 nitrogen and oxygen atoms in total. The van der Waals surface area contributed by atoms with Gasteiger partial charge in [-0.2, -0.15) is 0 Å². The summed E-state index contributed by atoms with van der Waals surface area (Å²) in [5, 5.41) is 3.18. The summed E-state index contributed by atoms with van der Waals surface area (Å²) < 4.78 is 21.9. The molecular weight excluding hydrogens is 250 g/mol. The van der Waals surface area contributed by atoms with Crippen molar-refractivity contribution in [3.05, 3.63) is 0 Å². The Labute approximate surface area is 112 Å². The minimum atomic E-state index is -2.84. The van der Waals surface area contributed by atoms with Crippen LogP contribution < -0.4 is 5.32 Å². The topological polar surface area (TPSA) is 52.7 Å². The molecule has 0 radical (unpaired) electrons. The first-order valence-electron chi connectivity index (χ1n) is 6.60. The van der Waals surface area contributed by atoms with Crippen molar-refractivity contribution in [3.63, 3.8) is 0 Å². The van der Waals surface area contributed by atoms with Gasteiger partial charge < -0.3 is 15.1 Å². The molecule has 6 heteroatoms. The van der Waals surface area contributed by atoms with E-state index < -0.39 is 9.84 Å². The van der Waals surface area contributed by atoms with E-state index in [1.165, 1.54) is 6.26 Å². The molecule has 0 aliphatic heterocycles. The van der Waals surface area contributed by atoms with Crippen molar-refractivity contribution in [3.8, 4) is 0 Å². The smallest absolute Gasteiger partial charge is 0.148 e. The summed E-state index contributed by atoms with van der Waals surface area (Å²) in [6, 6.07) is 0. The van der Waals surface area contributed by atoms with Crippen LogP contribution in [0.5, 0.6) is 0 Å². The summed E-state index contributed by atoms with van der Waals surface area (Å²) in [4.78, 5) is 4.59. The van der Waals surface area contributed by atoms with Gasteiger partial charge >= 0.3 is 0 Å². The summed E-state index contributed by atoms with van der Waals surface area (Å²) in [6.45, 7) is 7.78. The molecule has 0 aromatic heterocycles. The fourth-order valence-electron chi connectivity index (χ4n) is 1.61. The lowest BCUT2D eigenvalue weighted by Gasteiger charge is -2.23. The van der Waals surface area contributed by atoms with Gasteiger partial charge in [-0.15, -0.1) is 0 Å². The number of likely N-dealkylation sites (N-methyl/N-ethyl adjacent to an activating group) is 1. The van der Waals surface area contributed by atoms with Crippen molar-refractivity contribution in [1.82, 2.24) is 15.1 Å². The third-order valence-corrected chi connectivity index (χ3v) is 3.60. The molecule has 0 unspecified atom stereocenters. The molecule has 0 saturated carbocycles. The van der Waals surface area contributed by atoms with Crippen molar-refractivity contribution >= 4 is 9.84 Å². The molecule has 0 spiro atoms. The van der Waals surface area contributed by atoms with Gasteiger partial charge in [0.1, 0.15) is 9.84 Å². The Hall–Kier alpha value is -0.170. The van der Waals surface area contributed by atoms with Crippen LogP contribution >= 0.6 is 0 Å². The second-order valence-corrected chi connectivity index (χ2v) is 7.28. The largest absolute Gasteiger partial charge is 0.314 e. The predicted molar refractivity (Wildman–Crippen MR) is 77.9 cm³/mol. The van der Waals surface area contributed by atoms with Crippen LogP contribution in [0.15, 0.2) is 0 Å². The molecule has 110 valence electrons. The van der Waals surface area contributed by atoms with Gasteiger partial charge in [0.2, 0.25) is 0 Å². The Morgan fingerprint density at radius 3 is 2.17 bits per heavy atom. The lowest BCUT2D eigenvalue weighted by atomic mass is 10.3. The van der Waals surface area contributed by atoms with Crippen LogP contribution in [0.1, 0.15) is 13.3 Å². The number of hydrogen-bond donors (Lipinski definition) is 1. The van der Waals surface area contributed by atoms with Gasteiger partial charge in [0.25, 0.3) is 0 Å². The van der Waals surface area contributed by atoms with Crippen LogP contribution in [0.25, 0.3) is 0 Å². The average Bonchev–Trinajstić information content (AvgIpc) is 2.23. The summed E-state index contributed by atoms with van der Waals surface area (Å²) in [5.74, 6) is 0.221. The van der Waals surface area contributed by atoms with Crippen LogP contribution in [-0.4, -0.2) is 83.6 Å². The fourth-order valence-corrected chi connectivity index (χ4v) is 2.13. The van der Waals surface area contributed by atoms with E-state index >= 15 is 0 Å². The van der Waals surface area contributed by atoms with E-state index in [1.54, 1.807) is 0 Å². The Morgan fingerprint density at radius 2 is 1.67 bits per heavy atom. The van der Waals surface area contributed by atoms with E-state index in [9.17, 15) is 8.42 Å². The maximum atomic E-state index is 11.0. The number of nitrogens with one attached hydrogen (secondary N) is 1. The quantitative estimate of drug-likeness (QED) is 0.535. The molecular formula is C12H29N3O2S. The highest BCUT2D eigenvalue weighted by Gasteiger charge is 2.05. The molecule has 0 atom stereocenters. The molecule has 0 rings (SSSR count). The highest BCUT2D eigenvalue weighted by atomic mass is 32.2. The molecule has 0 fully saturated rings. The third-order valence-electron chi connectivity index (χ3n) is 2.66. The number of rotatable bonds is 11. The van der Waals surface area contributed by atoms with Gasteiger partial charge in [0, 0.05) is 39.0 Å². The first-order valence-corrected chi connectivity index (χ1v) is 8.66. The van der Waals surface area contributed by atoms with Crippen LogP contribution in [0, 0.1) is 0 Å². The minimum absolute atomic E-state index is 0.221. The Bertz CT molecular complexity index is 292. The zero-order chi connectivity index (χ0) is 14.0. The predicted octanol–water partition coefficient (Wildman–Crippen LogP) is -0.106. The van der Waals surface area contributed by atoms with E-state index in [2.05, 4.69) is 36.1 Å². The SMILES string of the molecule is CCCN(CCNCCS(C)(=O)=O)CCN(C)C. The summed E-state index contributed by atoms with van der Waals surface area (Å²) >= 11 is 0. The molecule has 0 aliphatic carbocycles. The van der Waals surface area contributed by atoms with Crippen molar-refractivity contribution < 1.29 is 8.42 Å². The third kappa shape index (κ3) is 12.3. The first kappa shape index (κ1) is 17.8. The number of hydrogen-bond acceptors (Lipinski definition) is 5. The van der Waals surface area contributed by atoms with E-state index in [-0.39, 0.29) is 5.75 Å². The van der Waals surface area contributed by atoms with E-state index in [1.807, 2.05) is 0 Å². The Morgan fingerprint density at radius 1 is 1.00 bits per heavy atom. The van der Waals surface area contributed by atoms with Gasteiger partial charge in [0.05, 0.1) is 5.75 Å². The number of nitrogens with zero attached hydrogens (tertiary/aromatic N) is 2. The highest BCUT2D eigenvalue weighted by molar-refractivity contribution is 7.90. The second-order valence-electron chi connectivity index (χ2n) is 5.02. The molecule has 0 heterocycles. The molecule has 0 amide bonds. The maximum absolute atomic E-state index is 11.0. The summed E-state index contributed by atoms with van der Waals surface area (Å²) in [6.07, 6.45) is 2.42. The van der Waals surface area contributed by atoms with Gasteiger partial charge in [-0.1, -0.05) is 6.92 Å². The van der Waals surface area contributed by atoms with Crippen molar-refractivity contribution in [2.75, 3.05) is 65.4 Å². The van der Waals surface area contributed by atoms with E-state index in [4.69, 9.17) is 0 Å². The molecule has 0 bridgehead atoms. The van der Waals surface area contributed by atoms with E-state index in [0.29, 0.717) is 6.54 Å². The van der Waals surface area contributed by atoms with Crippen molar-refractivity contribution in [2.24, 2.45) is 0 Å². The maximum Gasteiger partial charge on any atom is 0.148 e. The Balaban J connectivity index is 3.69. The molecule has 0 aliphatic rings. The van der Waals surface area contributed by atoms with Crippen molar-refractivity contribution in [1.29, 1.82) is 0 Å². The molecule has 1 N–H and O–H groups in total. The molecule has 0 saturated heterocycles. The Kier molecular flexibility index (Phi) is 9.63. The van der Waals surface area contributed by atoms with Crippen LogP contribution in [-0.2, 0) is 9.84 Å². The summed E-state index contributed by atoms with van der Waals surface area (Å²) in [5.41, 5.74) is 0. The highest BCUT2D eigenvalue weighted by Crippen LogP contribution is 1.91. The normalized spacial score (nSPS) is 12.6. The minimum Gasteiger partial charge on any atom is -0.314 e. The van der Waals surface area contributed by atoms with Crippen LogP contribution in [0.2, 0.25) is 0 Å². The standard InChI is InChI=1S/C12H29N3O2S/c1-5-8-15(11-10-14(2)3)9-6-13-7-12-18(4,16)17/h13H,5-12H2,1-4H3. The van der Waals surface area contributed by atoms with Crippen LogP contribution in [0.4, 0.5) is 0 Å². The van der Waals surface area contributed by atoms with E-state index in [0.717, 1.165) is 39.1 Å². The zero-order valence-corrected chi connectivity index (χ0v) is 13.1.